The van der Waals surface area contributed by atoms with E-state index in [-0.39, 0.29) is 12.4 Å². The molecule has 2 N–H and O–H groups in total. The van der Waals surface area contributed by atoms with Crippen LogP contribution >= 0.6 is 15.9 Å². The van der Waals surface area contributed by atoms with Crippen molar-refractivity contribution in [2.45, 2.75) is 32.9 Å². The van der Waals surface area contributed by atoms with Crippen molar-refractivity contribution in [2.75, 3.05) is 5.73 Å². The molecule has 0 aromatic carbocycles. The van der Waals surface area contributed by atoms with Crippen LogP contribution in [0.3, 0.4) is 0 Å². The van der Waals surface area contributed by atoms with E-state index in [1.807, 2.05) is 0 Å². The number of hydrogen-bond donors (Lipinski definition) is 1. The van der Waals surface area contributed by atoms with Crippen LogP contribution in [0.25, 0.3) is 11.0 Å². The number of pyridine rings is 1. The van der Waals surface area contributed by atoms with Gasteiger partial charge in [-0.25, -0.2) is 9.78 Å². The summed E-state index contributed by atoms with van der Waals surface area (Å²) in [5.41, 5.74) is 5.23. The van der Waals surface area contributed by atoms with Crippen molar-refractivity contribution < 1.29 is 9.53 Å². The Balaban J connectivity index is 2.51. The topological polar surface area (TPSA) is 100 Å². The Morgan fingerprint density at radius 2 is 2.14 bits per heavy atom. The highest BCUT2D eigenvalue weighted by Crippen LogP contribution is 2.19. The van der Waals surface area contributed by atoms with Gasteiger partial charge in [0.2, 0.25) is 0 Å². The number of anilines is 1. The Morgan fingerprint density at radius 1 is 1.48 bits per heavy atom. The lowest BCUT2D eigenvalue weighted by atomic mass is 10.2. The van der Waals surface area contributed by atoms with Crippen molar-refractivity contribution in [3.05, 3.63) is 27.2 Å². The Hall–Kier alpha value is -1.96. The zero-order valence-electron chi connectivity index (χ0n) is 11.9. The summed E-state index contributed by atoms with van der Waals surface area (Å²) in [5.74, 6) is -0.500. The van der Waals surface area contributed by atoms with Crippen molar-refractivity contribution in [3.8, 4) is 0 Å². The second kappa shape index (κ2) is 5.44. The molecule has 0 saturated heterocycles. The first-order valence-electron chi connectivity index (χ1n) is 6.21. The van der Waals surface area contributed by atoms with Crippen LogP contribution in [0.15, 0.2) is 21.5 Å². The van der Waals surface area contributed by atoms with E-state index in [1.54, 1.807) is 33.0 Å². The molecule has 0 fully saturated rings. The maximum absolute atomic E-state index is 12.0. The number of rotatable bonds is 2. The quantitative estimate of drug-likeness (QED) is 0.819. The Bertz CT molecular complexity index is 764. The molecule has 112 valence electrons. The van der Waals surface area contributed by atoms with Crippen LogP contribution in [0.4, 0.5) is 5.82 Å². The number of nitrogens with zero attached hydrogens (tertiary/aromatic N) is 3. The van der Waals surface area contributed by atoms with E-state index >= 15 is 0 Å². The maximum atomic E-state index is 12.0. The maximum Gasteiger partial charge on any atom is 0.350 e. The van der Waals surface area contributed by atoms with Crippen LogP contribution in [0, 0.1) is 0 Å². The summed E-state index contributed by atoms with van der Waals surface area (Å²) in [6.45, 7) is 5.01. The molecule has 0 spiro atoms. The average Bonchev–Trinajstić information content (AvgIpc) is 2.31. The molecule has 2 rings (SSSR count). The summed E-state index contributed by atoms with van der Waals surface area (Å²) >= 11 is 3.28. The molecule has 0 aliphatic heterocycles. The van der Waals surface area contributed by atoms with Crippen LogP contribution in [-0.4, -0.2) is 26.1 Å². The molecule has 0 amide bonds. The van der Waals surface area contributed by atoms with Crippen LogP contribution in [0.2, 0.25) is 0 Å². The predicted molar refractivity (Wildman–Crippen MR) is 81.8 cm³/mol. The van der Waals surface area contributed by atoms with Crippen molar-refractivity contribution in [3.63, 3.8) is 0 Å². The van der Waals surface area contributed by atoms with Crippen LogP contribution < -0.4 is 11.4 Å². The highest BCUT2D eigenvalue weighted by molar-refractivity contribution is 9.10. The highest BCUT2D eigenvalue weighted by Gasteiger charge is 2.19. The molecule has 21 heavy (non-hydrogen) atoms. The first-order chi connectivity index (χ1) is 9.67. The summed E-state index contributed by atoms with van der Waals surface area (Å²) in [5, 5.41) is 0. The summed E-state index contributed by atoms with van der Waals surface area (Å²) in [4.78, 5) is 31.7. The van der Waals surface area contributed by atoms with Crippen molar-refractivity contribution in [1.29, 1.82) is 0 Å². The number of carbonyl (C=O) groups excluding carboxylic acids is 1. The second-order valence-corrected chi connectivity index (χ2v) is 6.39. The third kappa shape index (κ3) is 3.57. The van der Waals surface area contributed by atoms with Crippen LogP contribution in [0.5, 0.6) is 0 Å². The predicted octanol–water partition coefficient (Wildman–Crippen LogP) is 1.48. The fourth-order valence-corrected chi connectivity index (χ4v) is 2.13. The largest absolute Gasteiger partial charge is 0.459 e. The lowest BCUT2D eigenvalue weighted by Crippen LogP contribution is -2.32. The molecule has 8 heteroatoms. The van der Waals surface area contributed by atoms with Gasteiger partial charge in [-0.05, 0) is 42.8 Å². The first kappa shape index (κ1) is 15.4. The molecule has 0 unspecified atom stereocenters. The minimum absolute atomic E-state index is 0.0305. The van der Waals surface area contributed by atoms with E-state index in [0.29, 0.717) is 15.5 Å². The Kier molecular flexibility index (Phi) is 3.99. The fourth-order valence-electron chi connectivity index (χ4n) is 1.81. The van der Waals surface area contributed by atoms with Gasteiger partial charge in [-0.1, -0.05) is 0 Å². The number of nitrogens with two attached hydrogens (primary N) is 1. The summed E-state index contributed by atoms with van der Waals surface area (Å²) in [6.07, 6.45) is 1.54. The Morgan fingerprint density at radius 3 is 2.76 bits per heavy atom. The smallest absolute Gasteiger partial charge is 0.350 e. The minimum atomic E-state index is -0.628. The van der Waals surface area contributed by atoms with Gasteiger partial charge in [0.1, 0.15) is 17.7 Å². The molecular formula is C13H15BrN4O3. The molecule has 2 heterocycles. The van der Waals surface area contributed by atoms with E-state index in [1.165, 1.54) is 4.57 Å². The van der Waals surface area contributed by atoms with Gasteiger partial charge in [0.05, 0.1) is 5.52 Å². The highest BCUT2D eigenvalue weighted by atomic mass is 79.9. The van der Waals surface area contributed by atoms with E-state index < -0.39 is 17.3 Å². The number of fused-ring (bicyclic) bond motifs is 1. The lowest BCUT2D eigenvalue weighted by molar-refractivity contribution is -0.155. The number of hydrogen-bond acceptors (Lipinski definition) is 6. The van der Waals surface area contributed by atoms with E-state index in [0.717, 1.165) is 0 Å². The number of halogens is 1. The van der Waals surface area contributed by atoms with E-state index in [4.69, 9.17) is 10.5 Å². The molecule has 0 saturated carbocycles. The zero-order valence-corrected chi connectivity index (χ0v) is 13.5. The monoisotopic (exact) mass is 354 g/mol. The summed E-state index contributed by atoms with van der Waals surface area (Å²) in [7, 11) is 0. The normalized spacial score (nSPS) is 11.6. The number of esters is 1. The molecule has 0 aliphatic carbocycles. The molecule has 0 bridgehead atoms. The van der Waals surface area contributed by atoms with Gasteiger partial charge in [-0.3, -0.25) is 9.36 Å². The van der Waals surface area contributed by atoms with Crippen LogP contribution in [-0.2, 0) is 16.1 Å². The number of ether oxygens (including phenoxy) is 1. The third-order valence-corrected chi connectivity index (χ3v) is 2.96. The minimum Gasteiger partial charge on any atom is -0.459 e. The third-order valence-electron chi connectivity index (χ3n) is 2.52. The number of carbonyl (C=O) groups is 1. The van der Waals surface area contributed by atoms with Gasteiger partial charge < -0.3 is 10.5 Å². The molecular weight excluding hydrogens is 340 g/mol. The average molecular weight is 355 g/mol. The van der Waals surface area contributed by atoms with Crippen molar-refractivity contribution >= 4 is 38.8 Å². The molecule has 2 aromatic heterocycles. The van der Waals surface area contributed by atoms with Gasteiger partial charge >= 0.3 is 11.7 Å². The van der Waals surface area contributed by atoms with Crippen molar-refractivity contribution in [1.82, 2.24) is 14.5 Å². The molecule has 0 aliphatic rings. The molecule has 0 atom stereocenters. The zero-order chi connectivity index (χ0) is 15.8. The number of nitrogen functional groups attached to an aromatic ring is 1. The fraction of sp³-hybridized carbons (Fsp3) is 0.385. The summed E-state index contributed by atoms with van der Waals surface area (Å²) < 4.78 is 7.07. The van der Waals surface area contributed by atoms with Crippen LogP contribution in [0.1, 0.15) is 20.8 Å². The molecule has 0 radical (unpaired) electrons. The molecule has 7 nitrogen and oxygen atoms in total. The second-order valence-electron chi connectivity index (χ2n) is 5.47. The van der Waals surface area contributed by atoms with E-state index in [9.17, 15) is 9.59 Å². The van der Waals surface area contributed by atoms with Gasteiger partial charge in [-0.2, -0.15) is 4.98 Å². The SMILES string of the molecule is CC(C)(C)OC(=O)Cn1c(=O)nc(N)c2ncc(Br)cc21. The molecule has 2 aromatic rings. The van der Waals surface area contributed by atoms with Crippen molar-refractivity contribution in [2.24, 2.45) is 0 Å². The van der Waals surface area contributed by atoms with Gasteiger partial charge in [-0.15, -0.1) is 0 Å². The lowest BCUT2D eigenvalue weighted by Gasteiger charge is -2.20. The van der Waals surface area contributed by atoms with Gasteiger partial charge in [0.15, 0.2) is 5.82 Å². The van der Waals surface area contributed by atoms with Gasteiger partial charge in [0.25, 0.3) is 0 Å². The first-order valence-corrected chi connectivity index (χ1v) is 7.00. The van der Waals surface area contributed by atoms with E-state index in [2.05, 4.69) is 25.9 Å². The Labute approximate surface area is 129 Å². The summed E-state index contributed by atoms with van der Waals surface area (Å²) in [6, 6.07) is 1.66. The standard InChI is InChI=1S/C13H15BrN4O3/c1-13(2,3)21-9(19)6-18-8-4-7(14)5-16-10(8)11(15)17-12(18)20/h4-5H,6H2,1-3H3,(H2,15,17,20). The number of aromatic nitrogens is 3. The van der Waals surface area contributed by atoms with Gasteiger partial charge in [0, 0.05) is 10.7 Å².